The van der Waals surface area contributed by atoms with Gasteiger partial charge in [0.05, 0.1) is 5.69 Å². The zero-order valence-corrected chi connectivity index (χ0v) is 11.7. The molecule has 0 N–H and O–H groups in total. The van der Waals surface area contributed by atoms with Crippen molar-refractivity contribution in [3.63, 3.8) is 0 Å². The lowest BCUT2D eigenvalue weighted by atomic mass is 9.99. The molecule has 0 unspecified atom stereocenters. The molecule has 0 radical (unpaired) electrons. The minimum Gasteiger partial charge on any atom is -0.371 e. The summed E-state index contributed by atoms with van der Waals surface area (Å²) < 4.78 is 14.3. The molecule has 2 heterocycles. The largest absolute Gasteiger partial charge is 0.371 e. The number of nitrogens with zero attached hydrogens (tertiary/aromatic N) is 2. The normalized spacial score (nSPS) is 21.2. The molecule has 1 aromatic carbocycles. The maximum atomic E-state index is 14.3. The molecule has 2 fully saturated rings. The Bertz CT molecular complexity index is 432. The molecule has 0 aliphatic carbocycles. The number of piperidine rings is 1. The van der Waals surface area contributed by atoms with E-state index in [1.807, 2.05) is 6.07 Å². The SMILES string of the molecule is CC1CCN(c2ccc(N3CCCC3)cc2F)CC1. The zero-order valence-electron chi connectivity index (χ0n) is 11.7. The number of benzene rings is 1. The third-order valence-corrected chi connectivity index (χ3v) is 4.53. The Morgan fingerprint density at radius 3 is 2.32 bits per heavy atom. The second-order valence-corrected chi connectivity index (χ2v) is 6.00. The van der Waals surface area contributed by atoms with Gasteiger partial charge in [-0.25, -0.2) is 4.39 Å². The lowest BCUT2D eigenvalue weighted by Crippen LogP contribution is -2.33. The predicted octanol–water partition coefficient (Wildman–Crippen LogP) is 3.66. The zero-order chi connectivity index (χ0) is 13.2. The van der Waals surface area contributed by atoms with E-state index in [9.17, 15) is 4.39 Å². The van der Waals surface area contributed by atoms with Crippen LogP contribution < -0.4 is 9.80 Å². The van der Waals surface area contributed by atoms with Gasteiger partial charge in [-0.1, -0.05) is 6.92 Å². The molecule has 0 spiro atoms. The van der Waals surface area contributed by atoms with Crippen molar-refractivity contribution in [2.45, 2.75) is 32.6 Å². The molecule has 3 heteroatoms. The highest BCUT2D eigenvalue weighted by Crippen LogP contribution is 2.29. The lowest BCUT2D eigenvalue weighted by Gasteiger charge is -2.32. The molecular weight excluding hydrogens is 239 g/mol. The van der Waals surface area contributed by atoms with E-state index in [-0.39, 0.29) is 5.82 Å². The first-order chi connectivity index (χ1) is 9.24. The van der Waals surface area contributed by atoms with Crippen molar-refractivity contribution in [1.82, 2.24) is 0 Å². The quantitative estimate of drug-likeness (QED) is 0.802. The predicted molar refractivity (Wildman–Crippen MR) is 78.5 cm³/mol. The molecule has 0 amide bonds. The molecule has 2 aliphatic heterocycles. The summed E-state index contributed by atoms with van der Waals surface area (Å²) in [5, 5.41) is 0. The van der Waals surface area contributed by atoms with Crippen LogP contribution in [-0.2, 0) is 0 Å². The minimum atomic E-state index is -0.0565. The Labute approximate surface area is 115 Å². The summed E-state index contributed by atoms with van der Waals surface area (Å²) in [6.07, 6.45) is 4.81. The van der Waals surface area contributed by atoms with E-state index < -0.39 is 0 Å². The number of rotatable bonds is 2. The molecule has 0 aromatic heterocycles. The summed E-state index contributed by atoms with van der Waals surface area (Å²) in [6.45, 7) is 6.40. The maximum Gasteiger partial charge on any atom is 0.148 e. The van der Waals surface area contributed by atoms with E-state index in [1.165, 1.54) is 25.7 Å². The third-order valence-electron chi connectivity index (χ3n) is 4.53. The summed E-state index contributed by atoms with van der Waals surface area (Å²) >= 11 is 0. The average Bonchev–Trinajstić information content (AvgIpc) is 2.94. The summed E-state index contributed by atoms with van der Waals surface area (Å²) in [6, 6.07) is 5.78. The summed E-state index contributed by atoms with van der Waals surface area (Å²) in [7, 11) is 0. The molecule has 1 aromatic rings. The van der Waals surface area contributed by atoms with Gasteiger partial charge >= 0.3 is 0 Å². The van der Waals surface area contributed by atoms with Crippen LogP contribution in [0.2, 0.25) is 0 Å². The summed E-state index contributed by atoms with van der Waals surface area (Å²) in [5.74, 6) is 0.724. The van der Waals surface area contributed by atoms with Crippen LogP contribution in [0, 0.1) is 11.7 Å². The van der Waals surface area contributed by atoms with E-state index >= 15 is 0 Å². The van der Waals surface area contributed by atoms with Crippen molar-refractivity contribution in [3.8, 4) is 0 Å². The van der Waals surface area contributed by atoms with Crippen LogP contribution in [0.25, 0.3) is 0 Å². The van der Waals surface area contributed by atoms with Gasteiger partial charge in [0.1, 0.15) is 5.82 Å². The fraction of sp³-hybridized carbons (Fsp3) is 0.625. The fourth-order valence-corrected chi connectivity index (χ4v) is 3.17. The number of halogens is 1. The highest BCUT2D eigenvalue weighted by molar-refractivity contribution is 5.58. The molecule has 2 nitrogen and oxygen atoms in total. The van der Waals surface area contributed by atoms with E-state index in [0.717, 1.165) is 43.5 Å². The van der Waals surface area contributed by atoms with Crippen LogP contribution in [-0.4, -0.2) is 26.2 Å². The van der Waals surface area contributed by atoms with E-state index in [4.69, 9.17) is 0 Å². The van der Waals surface area contributed by atoms with Gasteiger partial charge in [0, 0.05) is 31.9 Å². The second kappa shape index (κ2) is 5.40. The summed E-state index contributed by atoms with van der Waals surface area (Å²) in [4.78, 5) is 4.48. The molecule has 0 bridgehead atoms. The van der Waals surface area contributed by atoms with Gasteiger partial charge < -0.3 is 9.80 Å². The molecule has 0 atom stereocenters. The average molecular weight is 262 g/mol. The monoisotopic (exact) mass is 262 g/mol. The van der Waals surface area contributed by atoms with Crippen LogP contribution in [0.4, 0.5) is 15.8 Å². The Morgan fingerprint density at radius 1 is 1.00 bits per heavy atom. The first kappa shape index (κ1) is 12.8. The summed E-state index contributed by atoms with van der Waals surface area (Å²) in [5.41, 5.74) is 1.83. The Morgan fingerprint density at radius 2 is 1.68 bits per heavy atom. The number of anilines is 2. The third kappa shape index (κ3) is 2.70. The fourth-order valence-electron chi connectivity index (χ4n) is 3.17. The van der Waals surface area contributed by atoms with Crippen molar-refractivity contribution >= 4 is 11.4 Å². The van der Waals surface area contributed by atoms with Gasteiger partial charge in [-0.2, -0.15) is 0 Å². The van der Waals surface area contributed by atoms with E-state index in [2.05, 4.69) is 22.8 Å². The molecule has 19 heavy (non-hydrogen) atoms. The van der Waals surface area contributed by atoms with Crippen LogP contribution in [0.3, 0.4) is 0 Å². The maximum absolute atomic E-state index is 14.3. The molecular formula is C16H23FN2. The standard InChI is InChI=1S/C16H23FN2/c1-13-6-10-19(11-7-13)16-5-4-14(12-15(16)17)18-8-2-3-9-18/h4-5,12-13H,2-3,6-11H2,1H3. The van der Waals surface area contributed by atoms with Crippen LogP contribution in [0.15, 0.2) is 18.2 Å². The van der Waals surface area contributed by atoms with Crippen LogP contribution >= 0.6 is 0 Å². The Balaban J connectivity index is 1.75. The first-order valence-corrected chi connectivity index (χ1v) is 7.53. The van der Waals surface area contributed by atoms with Crippen molar-refractivity contribution < 1.29 is 4.39 Å². The highest BCUT2D eigenvalue weighted by Gasteiger charge is 2.20. The van der Waals surface area contributed by atoms with Crippen molar-refractivity contribution in [1.29, 1.82) is 0 Å². The molecule has 2 saturated heterocycles. The molecule has 3 rings (SSSR count). The molecule has 104 valence electrons. The van der Waals surface area contributed by atoms with Gasteiger partial charge in [-0.15, -0.1) is 0 Å². The smallest absolute Gasteiger partial charge is 0.148 e. The molecule has 2 aliphatic rings. The Kier molecular flexibility index (Phi) is 3.63. The topological polar surface area (TPSA) is 6.48 Å². The van der Waals surface area contributed by atoms with Gasteiger partial charge in [-0.05, 0) is 49.8 Å². The number of hydrogen-bond donors (Lipinski definition) is 0. The number of hydrogen-bond acceptors (Lipinski definition) is 2. The van der Waals surface area contributed by atoms with Gasteiger partial charge in [-0.3, -0.25) is 0 Å². The van der Waals surface area contributed by atoms with E-state index in [0.29, 0.717) is 0 Å². The van der Waals surface area contributed by atoms with Crippen LogP contribution in [0.1, 0.15) is 32.6 Å². The van der Waals surface area contributed by atoms with Gasteiger partial charge in [0.2, 0.25) is 0 Å². The van der Waals surface area contributed by atoms with E-state index in [1.54, 1.807) is 6.07 Å². The molecule has 0 saturated carbocycles. The highest BCUT2D eigenvalue weighted by atomic mass is 19.1. The Hall–Kier alpha value is -1.25. The second-order valence-electron chi connectivity index (χ2n) is 6.00. The first-order valence-electron chi connectivity index (χ1n) is 7.53. The van der Waals surface area contributed by atoms with Crippen LogP contribution in [0.5, 0.6) is 0 Å². The van der Waals surface area contributed by atoms with Crippen molar-refractivity contribution in [2.24, 2.45) is 5.92 Å². The lowest BCUT2D eigenvalue weighted by molar-refractivity contribution is 0.434. The minimum absolute atomic E-state index is 0.0565. The van der Waals surface area contributed by atoms with Gasteiger partial charge in [0.15, 0.2) is 0 Å². The van der Waals surface area contributed by atoms with Crippen molar-refractivity contribution in [2.75, 3.05) is 36.0 Å². The van der Waals surface area contributed by atoms with Crippen molar-refractivity contribution in [3.05, 3.63) is 24.0 Å². The van der Waals surface area contributed by atoms with Gasteiger partial charge in [0.25, 0.3) is 0 Å².